The normalized spacial score (nSPS) is 11.8. The Morgan fingerprint density at radius 1 is 1.53 bits per heavy atom. The van der Waals surface area contributed by atoms with Crippen molar-refractivity contribution >= 4 is 0 Å². The molecule has 4 heteroatoms. The fraction of sp³-hybridized carbons (Fsp3) is 0.364. The summed E-state index contributed by atoms with van der Waals surface area (Å²) in [6, 6.07) is 8.83. The lowest BCUT2D eigenvalue weighted by Gasteiger charge is -2.08. The quantitative estimate of drug-likeness (QED) is 0.782. The molecule has 0 saturated carbocycles. The molecule has 0 radical (unpaired) electrons. The molecule has 0 aliphatic heterocycles. The molecule has 1 unspecified atom stereocenters. The molecule has 2 N–H and O–H groups in total. The Bertz CT molecular complexity index is 347. The largest absolute Gasteiger partial charge is 0.491 e. The molecule has 0 amide bonds. The van der Waals surface area contributed by atoms with E-state index in [0.717, 1.165) is 5.56 Å². The van der Waals surface area contributed by atoms with E-state index >= 15 is 0 Å². The van der Waals surface area contributed by atoms with Crippen LogP contribution in [-0.2, 0) is 11.3 Å². The van der Waals surface area contributed by atoms with Gasteiger partial charge in [-0.25, -0.2) is 0 Å². The number of hydrogen-bond donors (Lipinski definition) is 1. The molecule has 0 aliphatic rings. The van der Waals surface area contributed by atoms with Crippen LogP contribution in [0.25, 0.3) is 0 Å². The average Bonchev–Trinajstić information content (AvgIpc) is 2.27. The van der Waals surface area contributed by atoms with Gasteiger partial charge in [0, 0.05) is 7.11 Å². The number of benzene rings is 1. The van der Waals surface area contributed by atoms with Crippen molar-refractivity contribution in [1.29, 1.82) is 5.26 Å². The van der Waals surface area contributed by atoms with E-state index in [0.29, 0.717) is 12.4 Å². The van der Waals surface area contributed by atoms with Gasteiger partial charge in [-0.1, -0.05) is 12.1 Å². The van der Waals surface area contributed by atoms with Crippen LogP contribution in [0.5, 0.6) is 5.75 Å². The van der Waals surface area contributed by atoms with Crippen LogP contribution in [0.1, 0.15) is 5.56 Å². The predicted molar refractivity (Wildman–Crippen MR) is 56.2 cm³/mol. The van der Waals surface area contributed by atoms with Crippen LogP contribution in [0, 0.1) is 11.3 Å². The van der Waals surface area contributed by atoms with E-state index in [-0.39, 0.29) is 6.61 Å². The van der Waals surface area contributed by atoms with Crippen molar-refractivity contribution in [2.24, 2.45) is 5.73 Å². The van der Waals surface area contributed by atoms with Crippen LogP contribution < -0.4 is 10.5 Å². The average molecular weight is 206 g/mol. The summed E-state index contributed by atoms with van der Waals surface area (Å²) in [5.74, 6) is 0.704. The van der Waals surface area contributed by atoms with Crippen LogP contribution in [0.4, 0.5) is 0 Å². The summed E-state index contributed by atoms with van der Waals surface area (Å²) < 4.78 is 10.3. The van der Waals surface area contributed by atoms with Crippen LogP contribution >= 0.6 is 0 Å². The fourth-order valence-corrected chi connectivity index (χ4v) is 1.11. The number of nitriles is 1. The van der Waals surface area contributed by atoms with E-state index in [4.69, 9.17) is 20.5 Å². The molecule has 1 aromatic rings. The van der Waals surface area contributed by atoms with Crippen molar-refractivity contribution in [3.05, 3.63) is 29.8 Å². The van der Waals surface area contributed by atoms with Gasteiger partial charge < -0.3 is 15.2 Å². The maximum absolute atomic E-state index is 8.48. The minimum atomic E-state index is -0.587. The number of ether oxygens (including phenoxy) is 2. The van der Waals surface area contributed by atoms with Gasteiger partial charge in [0.1, 0.15) is 18.4 Å². The minimum absolute atomic E-state index is 0.201. The van der Waals surface area contributed by atoms with Crippen molar-refractivity contribution < 1.29 is 9.47 Å². The molecule has 0 heterocycles. The predicted octanol–water partition coefficient (Wildman–Crippen LogP) is 1.06. The standard InChI is InChI=1S/C11H14N2O2/c1-14-7-9-3-2-4-11(5-9)15-8-10(13)6-12/h2-5,10H,7-8,13H2,1H3. The van der Waals surface area contributed by atoms with E-state index in [1.807, 2.05) is 30.3 Å². The summed E-state index contributed by atoms with van der Waals surface area (Å²) in [5.41, 5.74) is 6.43. The highest BCUT2D eigenvalue weighted by Gasteiger charge is 2.01. The number of methoxy groups -OCH3 is 1. The highest BCUT2D eigenvalue weighted by Crippen LogP contribution is 2.13. The third kappa shape index (κ3) is 3.98. The third-order valence-corrected chi connectivity index (χ3v) is 1.80. The van der Waals surface area contributed by atoms with Gasteiger partial charge in [-0.3, -0.25) is 0 Å². The molecule has 1 atom stereocenters. The molecule has 0 aliphatic carbocycles. The summed E-state index contributed by atoms with van der Waals surface area (Å²) in [6.45, 7) is 0.744. The van der Waals surface area contributed by atoms with E-state index in [9.17, 15) is 0 Å². The lowest BCUT2D eigenvalue weighted by Crippen LogP contribution is -2.25. The summed E-state index contributed by atoms with van der Waals surface area (Å²) >= 11 is 0. The Kier molecular flexibility index (Phi) is 4.61. The molecular formula is C11H14N2O2. The molecule has 1 rings (SSSR count). The summed E-state index contributed by atoms with van der Waals surface area (Å²) in [6.07, 6.45) is 0. The van der Waals surface area contributed by atoms with Crippen LogP contribution in [0.15, 0.2) is 24.3 Å². The second kappa shape index (κ2) is 6.02. The number of nitrogens with zero attached hydrogens (tertiary/aromatic N) is 1. The van der Waals surface area contributed by atoms with Gasteiger partial charge in [-0.2, -0.15) is 5.26 Å². The molecular weight excluding hydrogens is 192 g/mol. The van der Waals surface area contributed by atoms with E-state index in [2.05, 4.69) is 0 Å². The van der Waals surface area contributed by atoms with E-state index in [1.54, 1.807) is 7.11 Å². The zero-order valence-corrected chi connectivity index (χ0v) is 8.64. The van der Waals surface area contributed by atoms with Crippen LogP contribution in [0.2, 0.25) is 0 Å². The van der Waals surface area contributed by atoms with Crippen molar-refractivity contribution in [2.75, 3.05) is 13.7 Å². The lowest BCUT2D eigenvalue weighted by molar-refractivity contribution is 0.184. The summed E-state index contributed by atoms with van der Waals surface area (Å²) in [4.78, 5) is 0. The number of rotatable bonds is 5. The molecule has 15 heavy (non-hydrogen) atoms. The lowest BCUT2D eigenvalue weighted by atomic mass is 10.2. The highest BCUT2D eigenvalue weighted by atomic mass is 16.5. The second-order valence-electron chi connectivity index (χ2n) is 3.13. The zero-order chi connectivity index (χ0) is 11.1. The second-order valence-corrected chi connectivity index (χ2v) is 3.13. The first-order chi connectivity index (χ1) is 7.26. The van der Waals surface area contributed by atoms with Gasteiger partial charge in [0.05, 0.1) is 12.7 Å². The maximum Gasteiger partial charge on any atom is 0.127 e. The highest BCUT2D eigenvalue weighted by molar-refractivity contribution is 5.28. The topological polar surface area (TPSA) is 68.3 Å². The first-order valence-corrected chi connectivity index (χ1v) is 4.62. The Morgan fingerprint density at radius 2 is 2.33 bits per heavy atom. The van der Waals surface area contributed by atoms with Crippen molar-refractivity contribution in [2.45, 2.75) is 12.6 Å². The van der Waals surface area contributed by atoms with Gasteiger partial charge in [-0.15, -0.1) is 0 Å². The van der Waals surface area contributed by atoms with Crippen molar-refractivity contribution in [1.82, 2.24) is 0 Å². The number of nitrogens with two attached hydrogens (primary N) is 1. The molecule has 0 fully saturated rings. The van der Waals surface area contributed by atoms with Crippen LogP contribution in [-0.4, -0.2) is 19.8 Å². The first-order valence-electron chi connectivity index (χ1n) is 4.62. The SMILES string of the molecule is COCc1cccc(OCC(N)C#N)c1. The molecule has 1 aromatic carbocycles. The summed E-state index contributed by atoms with van der Waals surface area (Å²) in [7, 11) is 1.64. The zero-order valence-electron chi connectivity index (χ0n) is 8.64. The van der Waals surface area contributed by atoms with Gasteiger partial charge in [0.25, 0.3) is 0 Å². The molecule has 0 saturated heterocycles. The van der Waals surface area contributed by atoms with E-state index in [1.165, 1.54) is 0 Å². The van der Waals surface area contributed by atoms with Gasteiger partial charge in [0.2, 0.25) is 0 Å². The Labute approximate surface area is 89.2 Å². The monoisotopic (exact) mass is 206 g/mol. The Balaban J connectivity index is 2.54. The first kappa shape index (κ1) is 11.5. The fourth-order valence-electron chi connectivity index (χ4n) is 1.11. The summed E-state index contributed by atoms with van der Waals surface area (Å²) in [5, 5.41) is 8.48. The Hall–Kier alpha value is -1.57. The molecule has 0 bridgehead atoms. The van der Waals surface area contributed by atoms with Crippen molar-refractivity contribution in [3.8, 4) is 11.8 Å². The minimum Gasteiger partial charge on any atom is -0.491 e. The van der Waals surface area contributed by atoms with Gasteiger partial charge >= 0.3 is 0 Å². The molecule has 0 aromatic heterocycles. The molecule has 0 spiro atoms. The Morgan fingerprint density at radius 3 is 3.00 bits per heavy atom. The smallest absolute Gasteiger partial charge is 0.127 e. The van der Waals surface area contributed by atoms with Crippen LogP contribution in [0.3, 0.4) is 0 Å². The number of hydrogen-bond acceptors (Lipinski definition) is 4. The molecule has 80 valence electrons. The van der Waals surface area contributed by atoms with Crippen molar-refractivity contribution in [3.63, 3.8) is 0 Å². The third-order valence-electron chi connectivity index (χ3n) is 1.80. The van der Waals surface area contributed by atoms with Gasteiger partial charge in [0.15, 0.2) is 0 Å². The maximum atomic E-state index is 8.48. The molecule has 4 nitrogen and oxygen atoms in total. The van der Waals surface area contributed by atoms with Gasteiger partial charge in [-0.05, 0) is 17.7 Å². The van der Waals surface area contributed by atoms with E-state index < -0.39 is 6.04 Å².